The van der Waals surface area contributed by atoms with Gasteiger partial charge in [-0.2, -0.15) is 0 Å². The van der Waals surface area contributed by atoms with Crippen molar-refractivity contribution in [1.29, 1.82) is 0 Å². The fraction of sp³-hybridized carbons (Fsp3) is 0.294. The van der Waals surface area contributed by atoms with Gasteiger partial charge in [-0.05, 0) is 23.8 Å². The van der Waals surface area contributed by atoms with Crippen LogP contribution in [0.15, 0.2) is 42.7 Å². The Morgan fingerprint density at radius 2 is 1.75 bits per heavy atom. The molecule has 7 heteroatoms. The van der Waals surface area contributed by atoms with Crippen LogP contribution in [0.1, 0.15) is 11.6 Å². The van der Waals surface area contributed by atoms with Crippen molar-refractivity contribution < 1.29 is 4.79 Å². The van der Waals surface area contributed by atoms with Crippen molar-refractivity contribution in [2.24, 2.45) is 5.73 Å². The third-order valence-corrected chi connectivity index (χ3v) is 4.77. The first-order valence-electron chi connectivity index (χ1n) is 7.69. The summed E-state index contributed by atoms with van der Waals surface area (Å²) >= 11 is 12.1. The lowest BCUT2D eigenvalue weighted by Crippen LogP contribution is -2.50. The maximum absolute atomic E-state index is 12.0. The number of anilines is 1. The van der Waals surface area contributed by atoms with Crippen molar-refractivity contribution in [3.8, 4) is 0 Å². The molecule has 0 radical (unpaired) electrons. The summed E-state index contributed by atoms with van der Waals surface area (Å²) in [6.45, 7) is 2.96. The Bertz CT molecular complexity index is 715. The highest BCUT2D eigenvalue weighted by Crippen LogP contribution is 2.28. The van der Waals surface area contributed by atoms with E-state index in [1.165, 1.54) is 0 Å². The fourth-order valence-corrected chi connectivity index (χ4v) is 3.41. The standard InChI is InChI=1S/C17H18Cl2N4O/c18-13-3-1-12(2-4-13)16(17(20)24)23-9-7-22(8-10-23)15-5-6-21-11-14(15)19/h1-6,11,16H,7-10H2,(H2,20,24). The van der Waals surface area contributed by atoms with E-state index in [0.717, 1.165) is 37.4 Å². The number of carbonyl (C=O) groups excluding carboxylic acids is 1. The Hall–Kier alpha value is -1.82. The Kier molecular flexibility index (Phi) is 5.23. The average Bonchev–Trinajstić information content (AvgIpc) is 2.58. The van der Waals surface area contributed by atoms with Crippen molar-refractivity contribution >= 4 is 34.8 Å². The van der Waals surface area contributed by atoms with Gasteiger partial charge in [0.25, 0.3) is 0 Å². The number of nitrogens with two attached hydrogens (primary N) is 1. The molecule has 2 aromatic rings. The normalized spacial score (nSPS) is 16.8. The van der Waals surface area contributed by atoms with Crippen molar-refractivity contribution in [3.05, 3.63) is 58.3 Å². The fourth-order valence-electron chi connectivity index (χ4n) is 3.05. The molecule has 0 bridgehead atoms. The Balaban J connectivity index is 1.73. The largest absolute Gasteiger partial charge is 0.368 e. The second kappa shape index (κ2) is 7.38. The maximum Gasteiger partial charge on any atom is 0.239 e. The number of piperazine rings is 1. The van der Waals surface area contributed by atoms with E-state index in [0.29, 0.717) is 10.0 Å². The SMILES string of the molecule is NC(=O)C(c1ccc(Cl)cc1)N1CCN(c2ccncc2Cl)CC1. The first-order chi connectivity index (χ1) is 11.6. The van der Waals surface area contributed by atoms with E-state index in [4.69, 9.17) is 28.9 Å². The van der Waals surface area contributed by atoms with Crippen molar-refractivity contribution in [3.63, 3.8) is 0 Å². The van der Waals surface area contributed by atoms with Crippen LogP contribution in [0.25, 0.3) is 0 Å². The quantitative estimate of drug-likeness (QED) is 0.905. The third-order valence-electron chi connectivity index (χ3n) is 4.23. The van der Waals surface area contributed by atoms with Crippen LogP contribution in [0.5, 0.6) is 0 Å². The third kappa shape index (κ3) is 3.64. The van der Waals surface area contributed by atoms with Gasteiger partial charge in [-0.25, -0.2) is 0 Å². The first kappa shape index (κ1) is 17.0. The molecule has 0 saturated carbocycles. The van der Waals surface area contributed by atoms with Gasteiger partial charge in [0, 0.05) is 43.6 Å². The lowest BCUT2D eigenvalue weighted by Gasteiger charge is -2.39. The molecule has 1 unspecified atom stereocenters. The molecule has 1 aliphatic heterocycles. The number of primary amides is 1. The summed E-state index contributed by atoms with van der Waals surface area (Å²) < 4.78 is 0. The van der Waals surface area contributed by atoms with Gasteiger partial charge < -0.3 is 10.6 Å². The van der Waals surface area contributed by atoms with Gasteiger partial charge >= 0.3 is 0 Å². The number of rotatable bonds is 4. The smallest absolute Gasteiger partial charge is 0.239 e. The highest BCUT2D eigenvalue weighted by Gasteiger charge is 2.29. The molecule has 5 nitrogen and oxygen atoms in total. The molecule has 2 N–H and O–H groups in total. The molecule has 0 spiro atoms. The summed E-state index contributed by atoms with van der Waals surface area (Å²) in [5, 5.41) is 1.27. The number of halogens is 2. The Morgan fingerprint density at radius 3 is 2.33 bits per heavy atom. The van der Waals surface area contributed by atoms with E-state index >= 15 is 0 Å². The second-order valence-electron chi connectivity index (χ2n) is 5.71. The predicted octanol–water partition coefficient (Wildman–Crippen LogP) is 2.74. The minimum Gasteiger partial charge on any atom is -0.368 e. The van der Waals surface area contributed by atoms with Crippen LogP contribution in [-0.2, 0) is 4.79 Å². The molecular formula is C17H18Cl2N4O. The number of hydrogen-bond acceptors (Lipinski definition) is 4. The molecule has 1 fully saturated rings. The van der Waals surface area contributed by atoms with Crippen LogP contribution in [0.3, 0.4) is 0 Å². The zero-order chi connectivity index (χ0) is 17.1. The van der Waals surface area contributed by atoms with Crippen LogP contribution in [0, 0.1) is 0 Å². The molecule has 1 aromatic carbocycles. The number of nitrogens with zero attached hydrogens (tertiary/aromatic N) is 3. The lowest BCUT2D eigenvalue weighted by molar-refractivity contribution is -0.123. The van der Waals surface area contributed by atoms with Crippen molar-refractivity contribution in [2.75, 3.05) is 31.1 Å². The molecule has 1 amide bonds. The van der Waals surface area contributed by atoms with Gasteiger partial charge in [0.05, 0.1) is 10.7 Å². The molecule has 1 saturated heterocycles. The van der Waals surface area contributed by atoms with Gasteiger partial charge in [-0.3, -0.25) is 14.7 Å². The zero-order valence-electron chi connectivity index (χ0n) is 13.0. The van der Waals surface area contributed by atoms with Gasteiger partial charge in [0.2, 0.25) is 5.91 Å². The van der Waals surface area contributed by atoms with Crippen LogP contribution < -0.4 is 10.6 Å². The highest BCUT2D eigenvalue weighted by molar-refractivity contribution is 6.33. The summed E-state index contributed by atoms with van der Waals surface area (Å²) in [6, 6.07) is 8.72. The van der Waals surface area contributed by atoms with Crippen LogP contribution in [0.2, 0.25) is 10.0 Å². The Labute approximate surface area is 151 Å². The molecule has 0 aliphatic carbocycles. The molecule has 3 rings (SSSR count). The van der Waals surface area contributed by atoms with E-state index in [1.807, 2.05) is 18.2 Å². The summed E-state index contributed by atoms with van der Waals surface area (Å²) in [5.41, 5.74) is 7.48. The van der Waals surface area contributed by atoms with Crippen LogP contribution >= 0.6 is 23.2 Å². The molecular weight excluding hydrogens is 347 g/mol. The number of pyridine rings is 1. The predicted molar refractivity (Wildman–Crippen MR) is 96.4 cm³/mol. The zero-order valence-corrected chi connectivity index (χ0v) is 14.5. The molecule has 1 atom stereocenters. The van der Waals surface area contributed by atoms with E-state index in [2.05, 4.69) is 14.8 Å². The molecule has 1 aliphatic rings. The van der Waals surface area contributed by atoms with Crippen LogP contribution in [0.4, 0.5) is 5.69 Å². The van der Waals surface area contributed by atoms with E-state index in [9.17, 15) is 4.79 Å². The summed E-state index contributed by atoms with van der Waals surface area (Å²) in [7, 11) is 0. The van der Waals surface area contributed by atoms with Crippen LogP contribution in [-0.4, -0.2) is 42.0 Å². The van der Waals surface area contributed by atoms with Crippen molar-refractivity contribution in [1.82, 2.24) is 9.88 Å². The summed E-state index contributed by atoms with van der Waals surface area (Å²) in [4.78, 5) is 20.3. The second-order valence-corrected chi connectivity index (χ2v) is 6.55. The molecule has 24 heavy (non-hydrogen) atoms. The molecule has 126 valence electrons. The number of carbonyl (C=O) groups is 1. The Morgan fingerprint density at radius 1 is 1.08 bits per heavy atom. The number of amides is 1. The van der Waals surface area contributed by atoms with E-state index < -0.39 is 6.04 Å². The van der Waals surface area contributed by atoms with E-state index in [1.54, 1.807) is 24.5 Å². The number of hydrogen-bond donors (Lipinski definition) is 1. The maximum atomic E-state index is 12.0. The van der Waals surface area contributed by atoms with E-state index in [-0.39, 0.29) is 5.91 Å². The van der Waals surface area contributed by atoms with Crippen molar-refractivity contribution in [2.45, 2.75) is 6.04 Å². The molecule has 2 heterocycles. The number of benzene rings is 1. The minimum atomic E-state index is -0.447. The van der Waals surface area contributed by atoms with Gasteiger partial charge in [-0.1, -0.05) is 35.3 Å². The van der Waals surface area contributed by atoms with Gasteiger partial charge in [0.1, 0.15) is 6.04 Å². The number of aromatic nitrogens is 1. The monoisotopic (exact) mass is 364 g/mol. The first-order valence-corrected chi connectivity index (χ1v) is 8.45. The highest BCUT2D eigenvalue weighted by atomic mass is 35.5. The van der Waals surface area contributed by atoms with Gasteiger partial charge in [-0.15, -0.1) is 0 Å². The average molecular weight is 365 g/mol. The minimum absolute atomic E-state index is 0.354. The molecule has 1 aromatic heterocycles. The van der Waals surface area contributed by atoms with Gasteiger partial charge in [0.15, 0.2) is 0 Å². The topological polar surface area (TPSA) is 62.5 Å². The lowest BCUT2D eigenvalue weighted by atomic mass is 10.0. The summed E-state index contributed by atoms with van der Waals surface area (Å²) in [6.07, 6.45) is 3.37. The summed E-state index contributed by atoms with van der Waals surface area (Å²) in [5.74, 6) is -0.354.